The molecule has 1 unspecified atom stereocenters. The molecular weight excluding hydrogens is 432 g/mol. The molecule has 1 aromatic heterocycles. The number of quaternary nitrogens is 1. The second-order valence-electron chi connectivity index (χ2n) is 9.02. The van der Waals surface area contributed by atoms with E-state index < -0.39 is 5.91 Å². The van der Waals surface area contributed by atoms with E-state index in [4.69, 9.17) is 5.73 Å². The Morgan fingerprint density at radius 3 is 2.27 bits per heavy atom. The van der Waals surface area contributed by atoms with Gasteiger partial charge in [0, 0.05) is 35.3 Å². The van der Waals surface area contributed by atoms with E-state index in [2.05, 4.69) is 14.0 Å². The summed E-state index contributed by atoms with van der Waals surface area (Å²) in [6, 6.07) is 16.3. The molecule has 0 fully saturated rings. The number of likely N-dealkylation sites (N-methyl/N-ethyl adjacent to an activating group) is 1. The number of hydrogen-bond donors (Lipinski definition) is 1. The number of carbonyl (C=O) groups is 3. The number of ketones is 2. The van der Waals surface area contributed by atoms with Gasteiger partial charge in [0.15, 0.2) is 5.78 Å². The molecule has 1 aliphatic rings. The highest BCUT2D eigenvalue weighted by Crippen LogP contribution is 2.35. The molecule has 0 aliphatic carbocycles. The number of carbonyl (C=O) groups excluding carboxylic acids is 3. The largest absolute Gasteiger partial charge is 0.366 e. The molecule has 0 saturated carbocycles. The smallest absolute Gasteiger partial charge is 0.250 e. The van der Waals surface area contributed by atoms with Gasteiger partial charge in [0.1, 0.15) is 12.3 Å². The van der Waals surface area contributed by atoms with Crippen molar-refractivity contribution in [3.8, 4) is 0 Å². The molecule has 170 valence electrons. The number of nitrogens with zero attached hydrogens (tertiary/aromatic N) is 1. The van der Waals surface area contributed by atoms with Crippen LogP contribution in [-0.4, -0.2) is 42.1 Å². The summed E-state index contributed by atoms with van der Waals surface area (Å²) in [5.74, 6) is -0.445. The van der Waals surface area contributed by atoms with E-state index in [0.29, 0.717) is 16.7 Å². The van der Waals surface area contributed by atoms with Gasteiger partial charge in [-0.2, -0.15) is 0 Å². The topological polar surface area (TPSA) is 77.2 Å². The highest BCUT2D eigenvalue weighted by Gasteiger charge is 2.33. The van der Waals surface area contributed by atoms with Crippen molar-refractivity contribution in [2.24, 2.45) is 5.73 Å². The standard InChI is InChI=1S/C27H28N2O3S/c1-3-29(2)14-13-22-24(17-29)33-23(25(22)27(28)32)16-21(30)15-18-9-11-20(12-10-18)26(31)19-7-5-4-6-8-19/h4-12H,3,13-17H2,1-2H3,(H-,28,32)/p+1. The van der Waals surface area contributed by atoms with Crippen molar-refractivity contribution in [2.45, 2.75) is 32.7 Å². The Morgan fingerprint density at radius 1 is 0.970 bits per heavy atom. The number of Topliss-reactive ketones (excluding diaryl/α,β-unsaturated/α-hetero) is 1. The van der Waals surface area contributed by atoms with Crippen LogP contribution in [0.4, 0.5) is 0 Å². The SMILES string of the molecule is CC[N+]1(C)CCc2c(sc(CC(=O)Cc3ccc(C(=O)c4ccccc4)cc3)c2C(N)=O)C1. The summed E-state index contributed by atoms with van der Waals surface area (Å²) in [5, 5.41) is 0. The lowest BCUT2D eigenvalue weighted by atomic mass is 9.97. The van der Waals surface area contributed by atoms with E-state index in [9.17, 15) is 14.4 Å². The second kappa shape index (κ2) is 9.41. The van der Waals surface area contributed by atoms with Crippen LogP contribution in [0, 0.1) is 0 Å². The number of primary amides is 1. The summed E-state index contributed by atoms with van der Waals surface area (Å²) in [5.41, 5.74) is 9.41. The van der Waals surface area contributed by atoms with Crippen molar-refractivity contribution in [1.82, 2.24) is 0 Å². The van der Waals surface area contributed by atoms with Gasteiger partial charge in [-0.25, -0.2) is 0 Å². The fraction of sp³-hybridized carbons (Fsp3) is 0.296. The van der Waals surface area contributed by atoms with Crippen molar-refractivity contribution in [3.63, 3.8) is 0 Å². The van der Waals surface area contributed by atoms with Crippen molar-refractivity contribution in [2.75, 3.05) is 20.1 Å². The number of fused-ring (bicyclic) bond motifs is 1. The van der Waals surface area contributed by atoms with Crippen LogP contribution in [-0.2, 0) is 30.6 Å². The molecule has 2 N–H and O–H groups in total. The van der Waals surface area contributed by atoms with E-state index in [1.54, 1.807) is 35.6 Å². The van der Waals surface area contributed by atoms with Crippen molar-refractivity contribution in [3.05, 3.63) is 92.2 Å². The van der Waals surface area contributed by atoms with Gasteiger partial charge in [-0.3, -0.25) is 14.4 Å². The molecule has 0 bridgehead atoms. The minimum atomic E-state index is -0.438. The van der Waals surface area contributed by atoms with Crippen molar-refractivity contribution >= 4 is 28.8 Å². The molecule has 2 heterocycles. The molecule has 0 spiro atoms. The van der Waals surface area contributed by atoms with E-state index in [0.717, 1.165) is 46.5 Å². The Hall–Kier alpha value is -3.09. The Morgan fingerprint density at radius 2 is 1.64 bits per heavy atom. The Labute approximate surface area is 198 Å². The maximum atomic E-state index is 12.9. The van der Waals surface area contributed by atoms with Gasteiger partial charge in [0.05, 0.1) is 30.6 Å². The maximum Gasteiger partial charge on any atom is 0.250 e. The van der Waals surface area contributed by atoms with Gasteiger partial charge >= 0.3 is 0 Å². The Bertz CT molecular complexity index is 1200. The van der Waals surface area contributed by atoms with Crippen LogP contribution >= 0.6 is 11.3 Å². The van der Waals surface area contributed by atoms with Crippen LogP contribution in [0.3, 0.4) is 0 Å². The number of hydrogen-bond acceptors (Lipinski definition) is 4. The molecule has 3 aromatic rings. The second-order valence-corrected chi connectivity index (χ2v) is 10.2. The average molecular weight is 462 g/mol. The lowest BCUT2D eigenvalue weighted by molar-refractivity contribution is -0.922. The molecule has 1 atom stereocenters. The maximum absolute atomic E-state index is 12.9. The normalized spacial score (nSPS) is 17.4. The lowest BCUT2D eigenvalue weighted by Crippen LogP contribution is -2.47. The summed E-state index contributed by atoms with van der Waals surface area (Å²) in [6.45, 7) is 5.06. The number of benzene rings is 2. The number of amides is 1. The van der Waals surface area contributed by atoms with Crippen LogP contribution in [0.25, 0.3) is 0 Å². The van der Waals surface area contributed by atoms with Crippen LogP contribution in [0.1, 0.15) is 54.1 Å². The Balaban J connectivity index is 1.47. The quantitative estimate of drug-likeness (QED) is 0.408. The minimum absolute atomic E-state index is 0.0333. The lowest BCUT2D eigenvalue weighted by Gasteiger charge is -2.36. The Kier molecular flexibility index (Phi) is 6.58. The van der Waals surface area contributed by atoms with Gasteiger partial charge in [0.2, 0.25) is 5.91 Å². The minimum Gasteiger partial charge on any atom is -0.366 e. The summed E-state index contributed by atoms with van der Waals surface area (Å²) in [4.78, 5) is 39.7. The number of rotatable bonds is 8. The van der Waals surface area contributed by atoms with Crippen LogP contribution in [0.15, 0.2) is 54.6 Å². The number of thiophene rings is 1. The first kappa shape index (κ1) is 23.1. The third-order valence-corrected chi connectivity index (χ3v) is 7.83. The third-order valence-electron chi connectivity index (χ3n) is 6.61. The molecule has 33 heavy (non-hydrogen) atoms. The van der Waals surface area contributed by atoms with Crippen molar-refractivity contribution < 1.29 is 18.9 Å². The molecule has 0 saturated heterocycles. The van der Waals surface area contributed by atoms with Crippen LogP contribution < -0.4 is 5.73 Å². The van der Waals surface area contributed by atoms with E-state index >= 15 is 0 Å². The fourth-order valence-corrected chi connectivity index (χ4v) is 6.01. The van der Waals surface area contributed by atoms with Crippen molar-refractivity contribution in [1.29, 1.82) is 0 Å². The zero-order valence-corrected chi connectivity index (χ0v) is 19.9. The summed E-state index contributed by atoms with van der Waals surface area (Å²) in [6.07, 6.45) is 1.28. The molecule has 5 nitrogen and oxygen atoms in total. The van der Waals surface area contributed by atoms with Gasteiger partial charge < -0.3 is 10.2 Å². The van der Waals surface area contributed by atoms with E-state index in [1.165, 1.54) is 4.88 Å². The highest BCUT2D eigenvalue weighted by molar-refractivity contribution is 7.12. The average Bonchev–Trinajstić information content (AvgIpc) is 3.16. The molecule has 6 heteroatoms. The summed E-state index contributed by atoms with van der Waals surface area (Å²) >= 11 is 1.57. The van der Waals surface area contributed by atoms with Gasteiger partial charge in [-0.05, 0) is 18.1 Å². The molecule has 1 amide bonds. The molecule has 1 aliphatic heterocycles. The monoisotopic (exact) mass is 461 g/mol. The number of nitrogens with two attached hydrogens (primary N) is 1. The predicted octanol–water partition coefficient (Wildman–Crippen LogP) is 3.95. The van der Waals surface area contributed by atoms with Gasteiger partial charge in [0.25, 0.3) is 0 Å². The van der Waals surface area contributed by atoms with E-state index in [-0.39, 0.29) is 24.4 Å². The summed E-state index contributed by atoms with van der Waals surface area (Å²) < 4.78 is 0.938. The molecule has 0 radical (unpaired) electrons. The first-order valence-electron chi connectivity index (χ1n) is 11.3. The molecule has 4 rings (SSSR count). The third kappa shape index (κ3) is 4.97. The van der Waals surface area contributed by atoms with Crippen LogP contribution in [0.2, 0.25) is 0 Å². The molecule has 2 aromatic carbocycles. The fourth-order valence-electron chi connectivity index (χ4n) is 4.45. The highest BCUT2D eigenvalue weighted by atomic mass is 32.1. The summed E-state index contributed by atoms with van der Waals surface area (Å²) in [7, 11) is 2.23. The zero-order valence-electron chi connectivity index (χ0n) is 19.1. The zero-order chi connectivity index (χ0) is 23.6. The van der Waals surface area contributed by atoms with Crippen LogP contribution in [0.5, 0.6) is 0 Å². The predicted molar refractivity (Wildman–Crippen MR) is 131 cm³/mol. The van der Waals surface area contributed by atoms with E-state index in [1.807, 2.05) is 30.3 Å². The van der Waals surface area contributed by atoms with Gasteiger partial charge in [-0.15, -0.1) is 11.3 Å². The van der Waals surface area contributed by atoms with Gasteiger partial charge in [-0.1, -0.05) is 54.6 Å². The molecular formula is C27H29N2O3S+. The first-order chi connectivity index (χ1) is 15.8. The first-order valence-corrected chi connectivity index (χ1v) is 12.1.